The number of benzene rings is 2. The average Bonchev–Trinajstić information content (AvgIpc) is 2.76. The zero-order chi connectivity index (χ0) is 21.8. The lowest BCUT2D eigenvalue weighted by Gasteiger charge is -2.21. The Labute approximate surface area is 175 Å². The minimum absolute atomic E-state index is 0.209. The van der Waals surface area contributed by atoms with Gasteiger partial charge in [-0.1, -0.05) is 30.3 Å². The van der Waals surface area contributed by atoms with Gasteiger partial charge in [0.25, 0.3) is 5.91 Å². The van der Waals surface area contributed by atoms with Crippen molar-refractivity contribution in [2.45, 2.75) is 13.8 Å². The SMILES string of the molecule is CCOC(=O)CN(C(=O)COC(=O)/C=C/c1ccc(OCC)cc1)c1ccccc1. The van der Waals surface area contributed by atoms with Crippen molar-refractivity contribution in [3.8, 4) is 5.75 Å². The lowest BCUT2D eigenvalue weighted by molar-refractivity contribution is -0.144. The number of carbonyl (C=O) groups excluding carboxylic acids is 3. The quantitative estimate of drug-likeness (QED) is 0.441. The lowest BCUT2D eigenvalue weighted by Crippen LogP contribution is -2.39. The van der Waals surface area contributed by atoms with Crippen molar-refractivity contribution in [2.75, 3.05) is 31.3 Å². The first-order valence-corrected chi connectivity index (χ1v) is 9.62. The molecule has 1 amide bonds. The number of hydrogen-bond acceptors (Lipinski definition) is 6. The number of ether oxygens (including phenoxy) is 3. The van der Waals surface area contributed by atoms with Crippen LogP contribution in [0.4, 0.5) is 5.69 Å². The van der Waals surface area contributed by atoms with Crippen LogP contribution in [-0.2, 0) is 23.9 Å². The van der Waals surface area contributed by atoms with Crippen LogP contribution in [0.2, 0.25) is 0 Å². The van der Waals surface area contributed by atoms with Crippen LogP contribution in [0.1, 0.15) is 19.4 Å². The topological polar surface area (TPSA) is 82.1 Å². The molecule has 0 aliphatic carbocycles. The number of esters is 2. The molecule has 0 bridgehead atoms. The smallest absolute Gasteiger partial charge is 0.331 e. The number of carbonyl (C=O) groups is 3. The second-order valence-electron chi connectivity index (χ2n) is 6.06. The number of amides is 1. The second kappa shape index (κ2) is 12.1. The fourth-order valence-electron chi connectivity index (χ4n) is 2.53. The molecule has 7 heteroatoms. The number of para-hydroxylation sites is 1. The Bertz CT molecular complexity index is 861. The zero-order valence-corrected chi connectivity index (χ0v) is 17.1. The van der Waals surface area contributed by atoms with E-state index in [9.17, 15) is 14.4 Å². The van der Waals surface area contributed by atoms with Crippen LogP contribution in [0.5, 0.6) is 5.75 Å². The number of nitrogens with zero attached hydrogens (tertiary/aromatic N) is 1. The van der Waals surface area contributed by atoms with E-state index < -0.39 is 24.5 Å². The third-order valence-electron chi connectivity index (χ3n) is 3.90. The number of rotatable bonds is 10. The standard InChI is InChI=1S/C23H25NO6/c1-3-28-20-13-10-18(11-14-20)12-15-22(26)30-17-21(25)24(16-23(27)29-4-2)19-8-6-5-7-9-19/h5-15H,3-4,16-17H2,1-2H3/b15-12+. The Hall–Kier alpha value is -3.61. The van der Waals surface area contributed by atoms with E-state index in [1.165, 1.54) is 11.0 Å². The normalized spacial score (nSPS) is 10.5. The summed E-state index contributed by atoms with van der Waals surface area (Å²) in [6.45, 7) is 3.60. The van der Waals surface area contributed by atoms with Gasteiger partial charge in [0.2, 0.25) is 0 Å². The van der Waals surface area contributed by atoms with Gasteiger partial charge in [0.15, 0.2) is 6.61 Å². The fraction of sp³-hybridized carbons (Fsp3) is 0.261. The average molecular weight is 411 g/mol. The molecule has 0 heterocycles. The van der Waals surface area contributed by atoms with Crippen LogP contribution in [0.25, 0.3) is 6.08 Å². The summed E-state index contributed by atoms with van der Waals surface area (Å²) in [6.07, 6.45) is 2.82. The Morgan fingerprint density at radius 1 is 0.900 bits per heavy atom. The van der Waals surface area contributed by atoms with E-state index in [4.69, 9.17) is 14.2 Å². The second-order valence-corrected chi connectivity index (χ2v) is 6.06. The van der Waals surface area contributed by atoms with Crippen molar-refractivity contribution in [2.24, 2.45) is 0 Å². The van der Waals surface area contributed by atoms with Gasteiger partial charge in [0.05, 0.1) is 13.2 Å². The highest BCUT2D eigenvalue weighted by Gasteiger charge is 2.20. The van der Waals surface area contributed by atoms with E-state index in [1.807, 2.05) is 6.92 Å². The Balaban J connectivity index is 1.94. The molecular weight excluding hydrogens is 386 g/mol. The molecular formula is C23H25NO6. The van der Waals surface area contributed by atoms with Gasteiger partial charge in [0.1, 0.15) is 12.3 Å². The van der Waals surface area contributed by atoms with Gasteiger partial charge >= 0.3 is 11.9 Å². The summed E-state index contributed by atoms with van der Waals surface area (Å²) in [6, 6.07) is 15.8. The molecule has 0 aromatic heterocycles. The summed E-state index contributed by atoms with van der Waals surface area (Å²) in [5.74, 6) is -1.000. The molecule has 0 N–H and O–H groups in total. The summed E-state index contributed by atoms with van der Waals surface area (Å²) in [5, 5.41) is 0. The van der Waals surface area contributed by atoms with Gasteiger partial charge in [-0.25, -0.2) is 4.79 Å². The van der Waals surface area contributed by atoms with Crippen LogP contribution >= 0.6 is 0 Å². The molecule has 0 radical (unpaired) electrons. The molecule has 0 atom stereocenters. The van der Waals surface area contributed by atoms with Gasteiger partial charge < -0.3 is 14.2 Å². The first-order chi connectivity index (χ1) is 14.5. The first-order valence-electron chi connectivity index (χ1n) is 9.62. The highest BCUT2D eigenvalue weighted by molar-refractivity contribution is 5.99. The summed E-state index contributed by atoms with van der Waals surface area (Å²) in [4.78, 5) is 37.6. The predicted octanol–water partition coefficient (Wildman–Crippen LogP) is 3.24. The third-order valence-corrected chi connectivity index (χ3v) is 3.90. The molecule has 0 saturated heterocycles. The van der Waals surface area contributed by atoms with Gasteiger partial charge in [0, 0.05) is 11.8 Å². The van der Waals surface area contributed by atoms with Gasteiger partial charge in [-0.05, 0) is 49.8 Å². The van der Waals surface area contributed by atoms with E-state index in [-0.39, 0.29) is 13.2 Å². The van der Waals surface area contributed by atoms with Crippen molar-refractivity contribution >= 4 is 29.6 Å². The van der Waals surface area contributed by atoms with Crippen molar-refractivity contribution in [3.05, 3.63) is 66.2 Å². The molecule has 7 nitrogen and oxygen atoms in total. The maximum absolute atomic E-state index is 12.6. The Kier molecular flexibility index (Phi) is 9.12. The first kappa shape index (κ1) is 22.7. The Morgan fingerprint density at radius 2 is 1.60 bits per heavy atom. The molecule has 0 saturated carbocycles. The van der Waals surface area contributed by atoms with Crippen LogP contribution in [-0.4, -0.2) is 44.2 Å². The molecule has 2 aromatic carbocycles. The van der Waals surface area contributed by atoms with Crippen LogP contribution in [0.3, 0.4) is 0 Å². The highest BCUT2D eigenvalue weighted by atomic mass is 16.5. The maximum atomic E-state index is 12.6. The number of anilines is 1. The summed E-state index contributed by atoms with van der Waals surface area (Å²) >= 11 is 0. The minimum atomic E-state index is -0.665. The summed E-state index contributed by atoms with van der Waals surface area (Å²) in [7, 11) is 0. The Morgan fingerprint density at radius 3 is 2.23 bits per heavy atom. The van der Waals surface area contributed by atoms with Crippen molar-refractivity contribution < 1.29 is 28.6 Å². The van der Waals surface area contributed by atoms with E-state index in [0.717, 1.165) is 11.3 Å². The molecule has 0 fully saturated rings. The van der Waals surface area contributed by atoms with E-state index in [0.29, 0.717) is 12.3 Å². The van der Waals surface area contributed by atoms with Gasteiger partial charge in [-0.15, -0.1) is 0 Å². The lowest BCUT2D eigenvalue weighted by atomic mass is 10.2. The largest absolute Gasteiger partial charge is 0.494 e. The maximum Gasteiger partial charge on any atom is 0.331 e. The molecule has 158 valence electrons. The van der Waals surface area contributed by atoms with E-state index >= 15 is 0 Å². The van der Waals surface area contributed by atoms with Crippen molar-refractivity contribution in [1.82, 2.24) is 0 Å². The molecule has 0 aliphatic heterocycles. The molecule has 30 heavy (non-hydrogen) atoms. The number of hydrogen-bond donors (Lipinski definition) is 0. The van der Waals surface area contributed by atoms with Crippen LogP contribution in [0, 0.1) is 0 Å². The monoisotopic (exact) mass is 411 g/mol. The van der Waals surface area contributed by atoms with Crippen molar-refractivity contribution in [1.29, 1.82) is 0 Å². The predicted molar refractivity (Wildman–Crippen MR) is 113 cm³/mol. The molecule has 2 rings (SSSR count). The zero-order valence-electron chi connectivity index (χ0n) is 17.1. The van der Waals surface area contributed by atoms with E-state index in [2.05, 4.69) is 0 Å². The molecule has 0 aliphatic rings. The summed E-state index contributed by atoms with van der Waals surface area (Å²) < 4.78 is 15.3. The molecule has 0 spiro atoms. The molecule has 2 aromatic rings. The van der Waals surface area contributed by atoms with Crippen LogP contribution in [0.15, 0.2) is 60.7 Å². The highest BCUT2D eigenvalue weighted by Crippen LogP contribution is 2.15. The van der Waals surface area contributed by atoms with Crippen molar-refractivity contribution in [3.63, 3.8) is 0 Å². The molecule has 0 unspecified atom stereocenters. The summed E-state index contributed by atoms with van der Waals surface area (Å²) in [5.41, 5.74) is 1.30. The third kappa shape index (κ3) is 7.43. The fourth-order valence-corrected chi connectivity index (χ4v) is 2.53. The van der Waals surface area contributed by atoms with Gasteiger partial charge in [-0.2, -0.15) is 0 Å². The minimum Gasteiger partial charge on any atom is -0.494 e. The van der Waals surface area contributed by atoms with Crippen LogP contribution < -0.4 is 9.64 Å². The van der Waals surface area contributed by atoms with E-state index in [1.54, 1.807) is 67.6 Å². The van der Waals surface area contributed by atoms with Gasteiger partial charge in [-0.3, -0.25) is 14.5 Å².